The summed E-state index contributed by atoms with van der Waals surface area (Å²) in [6.07, 6.45) is 0. The molecule has 0 spiro atoms. The fraction of sp³-hybridized carbons (Fsp3) is 0.250. The van der Waals surface area contributed by atoms with Gasteiger partial charge in [-0.3, -0.25) is 0 Å². The zero-order valence-corrected chi connectivity index (χ0v) is 39.4. The molecule has 4 heterocycles. The molecule has 0 aliphatic carbocycles. The lowest BCUT2D eigenvalue weighted by Gasteiger charge is -2.34. The van der Waals surface area contributed by atoms with Crippen molar-refractivity contribution in [1.29, 1.82) is 0 Å². The van der Waals surface area contributed by atoms with Crippen LogP contribution in [0.3, 0.4) is 0 Å². The Bertz CT molecular complexity index is 2480. The van der Waals surface area contributed by atoms with Gasteiger partial charge >= 0.3 is 0 Å². The average Bonchev–Trinajstić information content (AvgIpc) is 3.99. The highest BCUT2D eigenvalue weighted by molar-refractivity contribution is 5.96. The number of nitrogens with zero attached hydrogens (tertiary/aromatic N) is 8. The fourth-order valence-electron chi connectivity index (χ4n) is 7.62. The van der Waals surface area contributed by atoms with Crippen molar-refractivity contribution in [3.05, 3.63) is 145 Å². The van der Waals surface area contributed by atoms with Crippen molar-refractivity contribution in [3.63, 3.8) is 0 Å². The van der Waals surface area contributed by atoms with Crippen LogP contribution in [0.15, 0.2) is 143 Å². The molecular formula is C48H54Cl4N8O5. The fourth-order valence-corrected chi connectivity index (χ4v) is 7.62. The number of anilines is 2. The van der Waals surface area contributed by atoms with Gasteiger partial charge in [-0.15, -0.1) is 49.6 Å². The molecule has 65 heavy (non-hydrogen) atoms. The third kappa shape index (κ3) is 12.8. The molecule has 0 amide bonds. The van der Waals surface area contributed by atoms with E-state index in [9.17, 15) is 0 Å². The topological polar surface area (TPSA) is 141 Å². The molecule has 2 aliphatic rings. The average molecular weight is 965 g/mol. The van der Waals surface area contributed by atoms with E-state index in [0.717, 1.165) is 75.0 Å². The van der Waals surface area contributed by atoms with Gasteiger partial charge in [-0.05, 0) is 61.3 Å². The zero-order valence-electron chi connectivity index (χ0n) is 36.1. The van der Waals surface area contributed by atoms with Crippen molar-refractivity contribution in [2.45, 2.75) is 13.2 Å². The van der Waals surface area contributed by atoms with Gasteiger partial charge in [-0.2, -0.15) is 9.97 Å². The Morgan fingerprint density at radius 2 is 0.846 bits per heavy atom. The number of likely N-dealkylation sites (N-methyl/N-ethyl adjacent to an activating group) is 2. The number of piperazine rings is 2. The van der Waals surface area contributed by atoms with Crippen LogP contribution in [0, 0.1) is 0 Å². The lowest BCUT2D eigenvalue weighted by atomic mass is 10.1. The van der Waals surface area contributed by atoms with Crippen molar-refractivity contribution < 1.29 is 24.0 Å². The second-order valence-corrected chi connectivity index (χ2v) is 15.2. The van der Waals surface area contributed by atoms with Crippen LogP contribution in [-0.2, 0) is 13.2 Å². The number of hydrogen-bond acceptors (Lipinski definition) is 12. The van der Waals surface area contributed by atoms with E-state index < -0.39 is 0 Å². The van der Waals surface area contributed by atoms with Crippen LogP contribution in [0.1, 0.15) is 11.8 Å². The second-order valence-electron chi connectivity index (χ2n) is 15.2. The molecule has 344 valence electrons. The maximum atomic E-state index is 5.99. The van der Waals surface area contributed by atoms with Crippen LogP contribution >= 0.6 is 49.6 Å². The molecule has 2 fully saturated rings. The Morgan fingerprint density at radius 1 is 0.462 bits per heavy atom. The quantitative estimate of drug-likeness (QED) is 0.129. The lowest BCUT2D eigenvalue weighted by molar-refractivity contribution is 0.243. The van der Waals surface area contributed by atoms with E-state index in [0.29, 0.717) is 23.4 Å². The first-order valence-corrected chi connectivity index (χ1v) is 20.5. The van der Waals surface area contributed by atoms with Crippen LogP contribution in [-0.4, -0.2) is 102 Å². The number of fused-ring (bicyclic) bond motifs is 2. The predicted octanol–water partition coefficient (Wildman–Crippen LogP) is 9.30. The van der Waals surface area contributed by atoms with Gasteiger partial charge in [0.25, 0.3) is 11.8 Å². The monoisotopic (exact) mass is 962 g/mol. The molecule has 2 aromatic heterocycles. The second kappa shape index (κ2) is 24.6. The molecule has 2 aliphatic heterocycles. The molecule has 0 atom stereocenters. The molecule has 10 rings (SSSR count). The summed E-state index contributed by atoms with van der Waals surface area (Å²) in [5, 5.41) is 12.9. The molecule has 8 aromatic rings. The van der Waals surface area contributed by atoms with Gasteiger partial charge in [-0.1, -0.05) is 107 Å². The van der Waals surface area contributed by atoms with Crippen LogP contribution in [0.5, 0.6) is 11.5 Å². The zero-order chi connectivity index (χ0) is 40.7. The van der Waals surface area contributed by atoms with Crippen LogP contribution in [0.4, 0.5) is 11.4 Å². The molecule has 17 heteroatoms. The van der Waals surface area contributed by atoms with E-state index >= 15 is 0 Å². The van der Waals surface area contributed by atoms with E-state index in [1.54, 1.807) is 0 Å². The van der Waals surface area contributed by atoms with E-state index in [-0.39, 0.29) is 68.3 Å². The SMILES string of the molecule is CN1CCN(c2cccc3ccc(OCc4nc(-c5ccccc5)no4)cc23)CC1.CN1CCN(c2cccc3ccc(OCc4nc(-c5ccccc5)no4)cc23)CC1.Cl.Cl.Cl.Cl.O. The van der Waals surface area contributed by atoms with Crippen molar-refractivity contribution in [2.75, 3.05) is 76.3 Å². The maximum absolute atomic E-state index is 5.99. The summed E-state index contributed by atoms with van der Waals surface area (Å²) in [6, 6.07) is 44.9. The number of rotatable bonds is 10. The summed E-state index contributed by atoms with van der Waals surface area (Å²) in [5.41, 5.74) is 4.37. The van der Waals surface area contributed by atoms with Crippen molar-refractivity contribution in [1.82, 2.24) is 30.1 Å². The largest absolute Gasteiger partial charge is 0.484 e. The van der Waals surface area contributed by atoms with Gasteiger partial charge in [0, 0.05) is 85.6 Å². The van der Waals surface area contributed by atoms with Gasteiger partial charge in [-0.25, -0.2) is 0 Å². The van der Waals surface area contributed by atoms with Gasteiger partial charge in [0.2, 0.25) is 11.6 Å². The third-order valence-electron chi connectivity index (χ3n) is 11.1. The summed E-state index contributed by atoms with van der Waals surface area (Å²) in [6.45, 7) is 8.91. The Kier molecular flexibility index (Phi) is 19.7. The standard InChI is InChI=1S/2C24H24N4O2.4ClH.H2O/c2*1-27-12-14-28(15-13-27)22-9-5-8-18-10-11-20(16-21(18)22)29-17-23-25-24(26-30-23)19-6-3-2-4-7-19;;;;;/h2*2-11,16H,12-15,17H2,1H3;4*1H;1H2. The minimum absolute atomic E-state index is 0. The molecular weight excluding hydrogens is 910 g/mol. The highest BCUT2D eigenvalue weighted by atomic mass is 35.5. The molecule has 6 aromatic carbocycles. The first-order valence-electron chi connectivity index (χ1n) is 20.5. The van der Waals surface area contributed by atoms with E-state index in [1.807, 2.05) is 72.8 Å². The van der Waals surface area contributed by atoms with Crippen molar-refractivity contribution in [3.8, 4) is 34.3 Å². The van der Waals surface area contributed by atoms with Crippen molar-refractivity contribution in [2.24, 2.45) is 0 Å². The van der Waals surface area contributed by atoms with E-state index in [4.69, 9.17) is 18.5 Å². The highest BCUT2D eigenvalue weighted by Gasteiger charge is 2.19. The van der Waals surface area contributed by atoms with Crippen LogP contribution in [0.2, 0.25) is 0 Å². The molecule has 0 saturated carbocycles. The smallest absolute Gasteiger partial charge is 0.264 e. The first kappa shape index (κ1) is 52.0. The predicted molar refractivity (Wildman–Crippen MR) is 268 cm³/mol. The van der Waals surface area contributed by atoms with Crippen LogP contribution in [0.25, 0.3) is 44.3 Å². The van der Waals surface area contributed by atoms with E-state index in [1.165, 1.54) is 32.9 Å². The normalized spacial score (nSPS) is 13.8. The highest BCUT2D eigenvalue weighted by Crippen LogP contribution is 2.33. The molecule has 2 saturated heterocycles. The molecule has 0 unspecified atom stereocenters. The number of halogens is 4. The van der Waals surface area contributed by atoms with E-state index in [2.05, 4.69) is 115 Å². The minimum Gasteiger partial charge on any atom is -0.484 e. The first-order chi connectivity index (χ1) is 29.5. The van der Waals surface area contributed by atoms with Crippen molar-refractivity contribution >= 4 is 82.5 Å². The number of benzene rings is 6. The third-order valence-corrected chi connectivity index (χ3v) is 11.1. The van der Waals surface area contributed by atoms with Crippen LogP contribution < -0.4 is 19.3 Å². The molecule has 2 N–H and O–H groups in total. The van der Waals surface area contributed by atoms with Gasteiger partial charge in [0.1, 0.15) is 11.5 Å². The van der Waals surface area contributed by atoms with Gasteiger partial charge in [0.15, 0.2) is 13.2 Å². The Morgan fingerprint density at radius 3 is 1.23 bits per heavy atom. The minimum atomic E-state index is 0. The summed E-state index contributed by atoms with van der Waals surface area (Å²) in [7, 11) is 4.35. The molecule has 13 nitrogen and oxygen atoms in total. The Labute approximate surface area is 403 Å². The van der Waals surface area contributed by atoms with Gasteiger partial charge in [0.05, 0.1) is 0 Å². The number of hydrogen-bond donors (Lipinski definition) is 0. The molecule has 0 bridgehead atoms. The number of ether oxygens (including phenoxy) is 2. The molecule has 0 radical (unpaired) electrons. The Balaban J connectivity index is 0.000000264. The summed E-state index contributed by atoms with van der Waals surface area (Å²) < 4.78 is 22.7. The summed E-state index contributed by atoms with van der Waals surface area (Å²) >= 11 is 0. The van der Waals surface area contributed by atoms with Gasteiger partial charge < -0.3 is 43.6 Å². The summed E-state index contributed by atoms with van der Waals surface area (Å²) in [5.74, 6) is 3.66. The summed E-state index contributed by atoms with van der Waals surface area (Å²) in [4.78, 5) is 18.5. The lowest BCUT2D eigenvalue weighted by Crippen LogP contribution is -2.44. The Hall–Kier alpha value is -5.64. The number of aromatic nitrogens is 4. The maximum Gasteiger partial charge on any atom is 0.264 e.